The summed E-state index contributed by atoms with van der Waals surface area (Å²) in [6.07, 6.45) is 3.57. The van der Waals surface area contributed by atoms with E-state index in [1.807, 2.05) is 36.5 Å². The summed E-state index contributed by atoms with van der Waals surface area (Å²) in [7, 11) is 0. The second-order valence-electron chi connectivity index (χ2n) is 7.62. The Morgan fingerprint density at radius 2 is 1.94 bits per heavy atom. The number of benzene rings is 2. The Kier molecular flexibility index (Phi) is 4.98. The van der Waals surface area contributed by atoms with Crippen LogP contribution in [0, 0.1) is 0 Å². The van der Waals surface area contributed by atoms with Crippen LogP contribution in [0.5, 0.6) is 0 Å². The molecule has 33 heavy (non-hydrogen) atoms. The third-order valence-electron chi connectivity index (χ3n) is 5.33. The van der Waals surface area contributed by atoms with Crippen LogP contribution in [0.25, 0.3) is 16.3 Å². The van der Waals surface area contributed by atoms with Gasteiger partial charge in [-0.2, -0.15) is 5.10 Å². The van der Waals surface area contributed by atoms with Crippen LogP contribution in [-0.2, 0) is 10.3 Å². The number of urea groups is 1. The van der Waals surface area contributed by atoms with Crippen molar-refractivity contribution in [3.8, 4) is 16.3 Å². The number of hydrogen-bond acceptors (Lipinski definition) is 6. The summed E-state index contributed by atoms with van der Waals surface area (Å²) in [6.45, 7) is 1.61. The van der Waals surface area contributed by atoms with E-state index in [4.69, 9.17) is 0 Å². The average Bonchev–Trinajstić information content (AvgIpc) is 3.54. The van der Waals surface area contributed by atoms with Crippen LogP contribution in [0.3, 0.4) is 0 Å². The van der Waals surface area contributed by atoms with E-state index in [0.717, 1.165) is 11.3 Å². The van der Waals surface area contributed by atoms with Gasteiger partial charge in [0.1, 0.15) is 16.2 Å². The van der Waals surface area contributed by atoms with Gasteiger partial charge in [0.05, 0.1) is 11.9 Å². The van der Waals surface area contributed by atoms with Crippen molar-refractivity contribution in [1.82, 2.24) is 25.4 Å². The Balaban J connectivity index is 1.33. The number of thiazole rings is 1. The Morgan fingerprint density at radius 1 is 1.12 bits per heavy atom. The molecular formula is C23H18N6O3S. The van der Waals surface area contributed by atoms with Gasteiger partial charge in [-0.05, 0) is 36.8 Å². The van der Waals surface area contributed by atoms with Crippen LogP contribution >= 0.6 is 11.3 Å². The van der Waals surface area contributed by atoms with E-state index in [1.165, 1.54) is 11.3 Å². The van der Waals surface area contributed by atoms with Gasteiger partial charge >= 0.3 is 6.03 Å². The molecule has 3 heterocycles. The van der Waals surface area contributed by atoms with E-state index >= 15 is 0 Å². The van der Waals surface area contributed by atoms with Gasteiger partial charge in [-0.15, -0.1) is 11.3 Å². The van der Waals surface area contributed by atoms with Crippen molar-refractivity contribution < 1.29 is 14.4 Å². The van der Waals surface area contributed by atoms with Crippen LogP contribution in [0.1, 0.15) is 23.0 Å². The molecule has 10 heteroatoms. The number of anilines is 1. The fourth-order valence-corrected chi connectivity index (χ4v) is 4.29. The molecule has 4 aromatic rings. The highest BCUT2D eigenvalue weighted by atomic mass is 32.1. The van der Waals surface area contributed by atoms with Gasteiger partial charge in [0, 0.05) is 22.8 Å². The average molecular weight is 459 g/mol. The number of nitrogens with zero attached hydrogens (tertiary/aromatic N) is 3. The summed E-state index contributed by atoms with van der Waals surface area (Å²) < 4.78 is 1.75. The number of carbonyl (C=O) groups is 3. The zero-order chi connectivity index (χ0) is 23.0. The zero-order valence-electron chi connectivity index (χ0n) is 17.4. The highest BCUT2D eigenvalue weighted by Crippen LogP contribution is 2.28. The molecule has 4 amide bonds. The van der Waals surface area contributed by atoms with Gasteiger partial charge in [0.15, 0.2) is 0 Å². The molecule has 1 atom stereocenters. The second-order valence-corrected chi connectivity index (χ2v) is 8.47. The number of para-hydroxylation sites is 1. The molecule has 0 radical (unpaired) electrons. The number of rotatable bonds is 5. The standard InChI is InChI=1S/C23H18N6O3S/c1-23(21(31)27-22(32)28-23)15-6-5-7-16(10-15)25-19(30)18-13-33-20(26-18)14-11-24-29(12-14)17-8-3-2-4-9-17/h2-13H,1H3,(H,25,30)(H2,27,28,31,32). The Bertz CT molecular complexity index is 1380. The number of aromatic nitrogens is 3. The lowest BCUT2D eigenvalue weighted by molar-refractivity contribution is -0.123. The normalized spacial score (nSPS) is 17.5. The summed E-state index contributed by atoms with van der Waals surface area (Å²) >= 11 is 1.35. The van der Waals surface area contributed by atoms with Gasteiger partial charge < -0.3 is 10.6 Å². The largest absolute Gasteiger partial charge is 0.322 e. The molecule has 3 N–H and O–H groups in total. The maximum absolute atomic E-state index is 12.8. The number of imide groups is 1. The molecule has 1 fully saturated rings. The lowest BCUT2D eigenvalue weighted by Gasteiger charge is -2.21. The van der Waals surface area contributed by atoms with Crippen molar-refractivity contribution in [3.05, 3.63) is 83.6 Å². The van der Waals surface area contributed by atoms with Crippen molar-refractivity contribution in [1.29, 1.82) is 0 Å². The first kappa shape index (κ1) is 20.6. The van der Waals surface area contributed by atoms with Crippen molar-refractivity contribution in [2.24, 2.45) is 0 Å². The highest BCUT2D eigenvalue weighted by Gasteiger charge is 2.43. The molecule has 1 saturated heterocycles. The van der Waals surface area contributed by atoms with E-state index in [2.05, 4.69) is 26.0 Å². The summed E-state index contributed by atoms with van der Waals surface area (Å²) in [5.74, 6) is -0.827. The predicted octanol–water partition coefficient (Wildman–Crippen LogP) is 3.30. The summed E-state index contributed by atoms with van der Waals surface area (Å²) in [5.41, 5.74) is 1.84. The molecular weight excluding hydrogens is 440 g/mol. The summed E-state index contributed by atoms with van der Waals surface area (Å²) in [5, 5.41) is 14.4. The van der Waals surface area contributed by atoms with Gasteiger partial charge in [0.25, 0.3) is 11.8 Å². The van der Waals surface area contributed by atoms with Crippen LogP contribution in [0.15, 0.2) is 72.4 Å². The number of amides is 4. The topological polar surface area (TPSA) is 118 Å². The van der Waals surface area contributed by atoms with E-state index in [1.54, 1.807) is 47.4 Å². The van der Waals surface area contributed by atoms with E-state index in [-0.39, 0.29) is 11.6 Å². The number of hydrogen-bond donors (Lipinski definition) is 3. The lowest BCUT2D eigenvalue weighted by atomic mass is 9.92. The van der Waals surface area contributed by atoms with Gasteiger partial charge in [-0.25, -0.2) is 14.5 Å². The fraction of sp³-hybridized carbons (Fsp3) is 0.0870. The highest BCUT2D eigenvalue weighted by molar-refractivity contribution is 7.13. The fourth-order valence-electron chi connectivity index (χ4n) is 3.52. The first-order valence-electron chi connectivity index (χ1n) is 10.0. The molecule has 2 aromatic heterocycles. The molecule has 1 unspecified atom stereocenters. The smallest absolute Gasteiger partial charge is 0.321 e. The van der Waals surface area contributed by atoms with Crippen LogP contribution in [0.4, 0.5) is 10.5 Å². The molecule has 0 spiro atoms. The van der Waals surface area contributed by atoms with E-state index in [9.17, 15) is 14.4 Å². The SMILES string of the molecule is CC1(c2cccc(NC(=O)c3csc(-c4cnn(-c5ccccc5)c4)n3)c2)NC(=O)NC1=O. The molecule has 1 aliphatic heterocycles. The second kappa shape index (κ2) is 7.99. The summed E-state index contributed by atoms with van der Waals surface area (Å²) in [6, 6.07) is 15.9. The molecule has 5 rings (SSSR count). The molecule has 2 aromatic carbocycles. The van der Waals surface area contributed by atoms with Gasteiger partial charge in [0.2, 0.25) is 0 Å². The molecule has 0 bridgehead atoms. The third-order valence-corrected chi connectivity index (χ3v) is 6.22. The Labute approximate surface area is 192 Å². The maximum Gasteiger partial charge on any atom is 0.322 e. The van der Waals surface area contributed by atoms with Crippen molar-refractivity contribution >= 4 is 34.9 Å². The maximum atomic E-state index is 12.8. The van der Waals surface area contributed by atoms with Crippen molar-refractivity contribution in [3.63, 3.8) is 0 Å². The minimum absolute atomic E-state index is 0.269. The molecule has 0 aliphatic carbocycles. The van der Waals surface area contributed by atoms with Crippen LogP contribution < -0.4 is 16.0 Å². The molecule has 1 aliphatic rings. The molecule has 164 valence electrons. The first-order chi connectivity index (χ1) is 15.9. The quantitative estimate of drug-likeness (QED) is 0.397. The van der Waals surface area contributed by atoms with Crippen molar-refractivity contribution in [2.45, 2.75) is 12.5 Å². The lowest BCUT2D eigenvalue weighted by Crippen LogP contribution is -2.40. The van der Waals surface area contributed by atoms with Gasteiger partial charge in [-0.3, -0.25) is 14.9 Å². The Morgan fingerprint density at radius 3 is 2.70 bits per heavy atom. The minimum Gasteiger partial charge on any atom is -0.321 e. The minimum atomic E-state index is -1.20. The van der Waals surface area contributed by atoms with E-state index < -0.39 is 17.5 Å². The van der Waals surface area contributed by atoms with Crippen LogP contribution in [-0.4, -0.2) is 32.6 Å². The van der Waals surface area contributed by atoms with Gasteiger partial charge in [-0.1, -0.05) is 30.3 Å². The molecule has 0 saturated carbocycles. The predicted molar refractivity (Wildman–Crippen MR) is 123 cm³/mol. The summed E-state index contributed by atoms with van der Waals surface area (Å²) in [4.78, 5) is 41.0. The molecule has 9 nitrogen and oxygen atoms in total. The first-order valence-corrected chi connectivity index (χ1v) is 10.9. The monoisotopic (exact) mass is 458 g/mol. The van der Waals surface area contributed by atoms with Crippen molar-refractivity contribution in [2.75, 3.05) is 5.32 Å². The van der Waals surface area contributed by atoms with E-state index in [0.29, 0.717) is 16.3 Å². The third kappa shape index (κ3) is 3.87. The van der Waals surface area contributed by atoms with Crippen LogP contribution in [0.2, 0.25) is 0 Å². The number of nitrogens with one attached hydrogen (secondary N) is 3. The Hall–Kier alpha value is -4.31. The zero-order valence-corrected chi connectivity index (χ0v) is 18.2. The number of carbonyl (C=O) groups excluding carboxylic acids is 3.